The first-order valence-electron chi connectivity index (χ1n) is 9.26. The highest BCUT2D eigenvalue weighted by atomic mass is 79.9. The first-order chi connectivity index (χ1) is 12.3. The minimum Gasteiger partial charge on any atom is -0.444 e. The molecule has 0 atom stereocenters. The van der Waals surface area contributed by atoms with E-state index in [1.807, 2.05) is 25.7 Å². The zero-order valence-corrected chi connectivity index (χ0v) is 17.5. The summed E-state index contributed by atoms with van der Waals surface area (Å²) in [5.74, 6) is 0. The minimum absolute atomic E-state index is 0.193. The van der Waals surface area contributed by atoms with E-state index in [-0.39, 0.29) is 6.09 Å². The third-order valence-corrected chi connectivity index (χ3v) is 5.13. The number of nitrogens with zero attached hydrogens (tertiary/aromatic N) is 3. The molecule has 1 aliphatic heterocycles. The summed E-state index contributed by atoms with van der Waals surface area (Å²) in [5, 5.41) is 1.28. The standard InChI is InChI=1S/C20H28BrN3O2/c1-20(2,3)26-19(25)24-13-11-22(12-14-24)8-4-9-23-10-7-16-5-6-17(21)15-18(16)23/h5-7,10,15H,4,8-9,11-14H2,1-3H3. The lowest BCUT2D eigenvalue weighted by molar-refractivity contribution is 0.0144. The molecule has 3 rings (SSSR count). The zero-order chi connectivity index (χ0) is 18.7. The van der Waals surface area contributed by atoms with Gasteiger partial charge in [-0.15, -0.1) is 0 Å². The van der Waals surface area contributed by atoms with Crippen LogP contribution < -0.4 is 0 Å². The summed E-state index contributed by atoms with van der Waals surface area (Å²) in [4.78, 5) is 16.4. The van der Waals surface area contributed by atoms with Crippen LogP contribution in [0.3, 0.4) is 0 Å². The molecule has 6 heteroatoms. The Balaban J connectivity index is 1.44. The van der Waals surface area contributed by atoms with Gasteiger partial charge in [-0.25, -0.2) is 4.79 Å². The fourth-order valence-electron chi connectivity index (χ4n) is 3.30. The quantitative estimate of drug-likeness (QED) is 0.736. The maximum atomic E-state index is 12.1. The molecule has 0 bridgehead atoms. The highest BCUT2D eigenvalue weighted by Crippen LogP contribution is 2.21. The van der Waals surface area contributed by atoms with Gasteiger partial charge < -0.3 is 14.2 Å². The van der Waals surface area contributed by atoms with Gasteiger partial charge in [0.25, 0.3) is 0 Å². The molecule has 0 aliphatic carbocycles. The number of benzene rings is 1. The van der Waals surface area contributed by atoms with Gasteiger partial charge in [0, 0.05) is 48.9 Å². The zero-order valence-electron chi connectivity index (χ0n) is 15.9. The van der Waals surface area contributed by atoms with E-state index in [0.29, 0.717) is 0 Å². The summed E-state index contributed by atoms with van der Waals surface area (Å²) in [5.41, 5.74) is 0.845. The summed E-state index contributed by atoms with van der Waals surface area (Å²) < 4.78 is 8.88. The molecule has 142 valence electrons. The fraction of sp³-hybridized carbons (Fsp3) is 0.550. The number of amides is 1. The normalized spacial score (nSPS) is 16.2. The van der Waals surface area contributed by atoms with Crippen LogP contribution in [0.1, 0.15) is 27.2 Å². The molecule has 0 N–H and O–H groups in total. The fourth-order valence-corrected chi connectivity index (χ4v) is 3.65. The summed E-state index contributed by atoms with van der Waals surface area (Å²) in [6, 6.07) is 8.57. The molecular weight excluding hydrogens is 394 g/mol. The van der Waals surface area contributed by atoms with Crippen LogP contribution in [0.15, 0.2) is 34.9 Å². The molecule has 2 heterocycles. The molecule has 1 fully saturated rings. The molecule has 0 saturated carbocycles. The van der Waals surface area contributed by atoms with E-state index in [0.717, 1.165) is 50.2 Å². The van der Waals surface area contributed by atoms with Gasteiger partial charge in [-0.2, -0.15) is 0 Å². The van der Waals surface area contributed by atoms with Crippen molar-refractivity contribution in [2.75, 3.05) is 32.7 Å². The maximum absolute atomic E-state index is 12.1. The molecule has 0 unspecified atom stereocenters. The van der Waals surface area contributed by atoms with Gasteiger partial charge in [0.1, 0.15) is 5.60 Å². The SMILES string of the molecule is CC(C)(C)OC(=O)N1CCN(CCCn2ccc3ccc(Br)cc32)CC1. The van der Waals surface area contributed by atoms with Crippen molar-refractivity contribution in [2.24, 2.45) is 0 Å². The predicted octanol–water partition coefficient (Wildman–Crippen LogP) is 4.35. The van der Waals surface area contributed by atoms with Crippen molar-refractivity contribution in [1.29, 1.82) is 0 Å². The lowest BCUT2D eigenvalue weighted by Gasteiger charge is -2.35. The summed E-state index contributed by atoms with van der Waals surface area (Å²) in [6.45, 7) is 11.1. The Hall–Kier alpha value is -1.53. The van der Waals surface area contributed by atoms with Gasteiger partial charge in [0.05, 0.1) is 0 Å². The van der Waals surface area contributed by atoms with Crippen LogP contribution in [0.2, 0.25) is 0 Å². The highest BCUT2D eigenvalue weighted by molar-refractivity contribution is 9.10. The average Bonchev–Trinajstić information content (AvgIpc) is 2.96. The first kappa shape index (κ1) is 19.2. The van der Waals surface area contributed by atoms with E-state index < -0.39 is 5.60 Å². The van der Waals surface area contributed by atoms with Crippen molar-refractivity contribution >= 4 is 32.9 Å². The van der Waals surface area contributed by atoms with E-state index in [9.17, 15) is 4.79 Å². The van der Waals surface area contributed by atoms with Crippen LogP contribution in [-0.2, 0) is 11.3 Å². The van der Waals surface area contributed by atoms with Crippen molar-refractivity contribution < 1.29 is 9.53 Å². The Kier molecular flexibility index (Phi) is 5.92. The number of carbonyl (C=O) groups excluding carboxylic acids is 1. The van der Waals surface area contributed by atoms with E-state index in [2.05, 4.69) is 55.9 Å². The van der Waals surface area contributed by atoms with Crippen molar-refractivity contribution in [3.05, 3.63) is 34.9 Å². The molecule has 26 heavy (non-hydrogen) atoms. The molecule has 0 spiro atoms. The second-order valence-electron chi connectivity index (χ2n) is 7.87. The van der Waals surface area contributed by atoms with E-state index in [4.69, 9.17) is 4.74 Å². The van der Waals surface area contributed by atoms with Crippen LogP contribution in [0.25, 0.3) is 10.9 Å². The Labute approximate surface area is 164 Å². The second-order valence-corrected chi connectivity index (χ2v) is 8.79. The number of fused-ring (bicyclic) bond motifs is 1. The Morgan fingerprint density at radius 3 is 2.54 bits per heavy atom. The van der Waals surface area contributed by atoms with Gasteiger partial charge in [-0.3, -0.25) is 4.90 Å². The van der Waals surface area contributed by atoms with Crippen molar-refractivity contribution in [3.63, 3.8) is 0 Å². The Morgan fingerprint density at radius 2 is 1.85 bits per heavy atom. The monoisotopic (exact) mass is 421 g/mol. The maximum Gasteiger partial charge on any atom is 0.410 e. The third-order valence-electron chi connectivity index (χ3n) is 4.63. The van der Waals surface area contributed by atoms with E-state index >= 15 is 0 Å². The summed E-state index contributed by atoms with van der Waals surface area (Å²) in [7, 11) is 0. The van der Waals surface area contributed by atoms with Crippen molar-refractivity contribution in [1.82, 2.24) is 14.4 Å². The van der Waals surface area contributed by atoms with Gasteiger partial charge in [0.2, 0.25) is 0 Å². The first-order valence-corrected chi connectivity index (χ1v) is 10.1. The molecule has 2 aromatic rings. The van der Waals surface area contributed by atoms with Crippen molar-refractivity contribution in [2.45, 2.75) is 39.3 Å². The molecule has 1 saturated heterocycles. The second kappa shape index (κ2) is 8.01. The largest absolute Gasteiger partial charge is 0.444 e. The molecule has 1 aromatic carbocycles. The van der Waals surface area contributed by atoms with Crippen LogP contribution in [0.5, 0.6) is 0 Å². The number of rotatable bonds is 4. The van der Waals surface area contributed by atoms with Gasteiger partial charge in [-0.05, 0) is 57.3 Å². The number of piperazine rings is 1. The average molecular weight is 422 g/mol. The van der Waals surface area contributed by atoms with Gasteiger partial charge in [-0.1, -0.05) is 22.0 Å². The van der Waals surface area contributed by atoms with Gasteiger partial charge >= 0.3 is 6.09 Å². The number of carbonyl (C=O) groups is 1. The minimum atomic E-state index is -0.428. The van der Waals surface area contributed by atoms with E-state index in [1.54, 1.807) is 0 Å². The Morgan fingerprint density at radius 1 is 1.12 bits per heavy atom. The van der Waals surface area contributed by atoms with Crippen LogP contribution in [-0.4, -0.2) is 58.8 Å². The Bertz CT molecular complexity index is 758. The smallest absolute Gasteiger partial charge is 0.410 e. The highest BCUT2D eigenvalue weighted by Gasteiger charge is 2.25. The molecule has 5 nitrogen and oxygen atoms in total. The number of halogens is 1. The number of hydrogen-bond acceptors (Lipinski definition) is 3. The molecular formula is C20H28BrN3O2. The lowest BCUT2D eigenvalue weighted by Crippen LogP contribution is -2.50. The number of aryl methyl sites for hydroxylation is 1. The molecule has 0 radical (unpaired) electrons. The molecule has 1 aromatic heterocycles. The summed E-state index contributed by atoms with van der Waals surface area (Å²) in [6.07, 6.45) is 3.07. The third kappa shape index (κ3) is 5.01. The number of hydrogen-bond donors (Lipinski definition) is 0. The molecule has 1 amide bonds. The van der Waals surface area contributed by atoms with Gasteiger partial charge in [0.15, 0.2) is 0 Å². The van der Waals surface area contributed by atoms with Crippen LogP contribution in [0.4, 0.5) is 4.79 Å². The topological polar surface area (TPSA) is 37.7 Å². The van der Waals surface area contributed by atoms with Crippen molar-refractivity contribution in [3.8, 4) is 0 Å². The number of aromatic nitrogens is 1. The van der Waals surface area contributed by atoms with Crippen LogP contribution in [0, 0.1) is 0 Å². The molecule has 1 aliphatic rings. The van der Waals surface area contributed by atoms with E-state index in [1.165, 1.54) is 10.9 Å². The predicted molar refractivity (Wildman–Crippen MR) is 109 cm³/mol. The summed E-state index contributed by atoms with van der Waals surface area (Å²) >= 11 is 3.55. The van der Waals surface area contributed by atoms with Crippen LogP contribution >= 0.6 is 15.9 Å². The number of ether oxygens (including phenoxy) is 1. The lowest BCUT2D eigenvalue weighted by atomic mass is 10.2.